The predicted octanol–water partition coefficient (Wildman–Crippen LogP) is 4.87. The van der Waals surface area contributed by atoms with Crippen molar-refractivity contribution in [2.45, 2.75) is 70.6 Å². The van der Waals surface area contributed by atoms with Crippen LogP contribution in [-0.2, 0) is 4.79 Å². The molecule has 3 nitrogen and oxygen atoms in total. The van der Waals surface area contributed by atoms with E-state index in [0.29, 0.717) is 18.4 Å². The van der Waals surface area contributed by atoms with Crippen molar-refractivity contribution in [3.63, 3.8) is 0 Å². The smallest absolute Gasteiger partial charge is 0.380 e. The number of aliphatic hydroxyl groups is 1. The van der Waals surface area contributed by atoms with Crippen molar-refractivity contribution in [1.82, 2.24) is 0 Å². The van der Waals surface area contributed by atoms with E-state index in [9.17, 15) is 23.1 Å². The van der Waals surface area contributed by atoms with E-state index in [1.807, 2.05) is 13.0 Å². The fourth-order valence-corrected chi connectivity index (χ4v) is 6.88. The fourth-order valence-electron chi connectivity index (χ4n) is 6.88. The fraction of sp³-hybridized carbons (Fsp3) is 0.727. The molecule has 0 bridgehead atoms. The third-order valence-corrected chi connectivity index (χ3v) is 8.47. The number of ketones is 1. The molecule has 0 aromatic carbocycles. The zero-order valence-corrected chi connectivity index (χ0v) is 16.3. The normalized spacial score (nSPS) is 47.0. The van der Waals surface area contributed by atoms with Crippen LogP contribution in [0.3, 0.4) is 0 Å². The van der Waals surface area contributed by atoms with Gasteiger partial charge < -0.3 is 5.11 Å². The molecule has 1 N–H and O–H groups in total. The molecule has 0 aliphatic heterocycles. The standard InChI is InChI=1S/C22H26F3NO2/c1-19-8-9-21(28,22(23,24)25)11-14(19)3-5-15-16-6-4-13(7-10-26)20(16,2)12-17(27)18(15)19/h3,7,15-16,18,28H,4-6,8-9,11-12H2,1-2H3/b13-7-/t15-,16-,18+,19-,20+,21+/m0/s1. The van der Waals surface area contributed by atoms with Gasteiger partial charge >= 0.3 is 6.18 Å². The summed E-state index contributed by atoms with van der Waals surface area (Å²) < 4.78 is 40.2. The van der Waals surface area contributed by atoms with E-state index in [-0.39, 0.29) is 41.8 Å². The van der Waals surface area contributed by atoms with Gasteiger partial charge in [-0.15, -0.1) is 0 Å². The number of rotatable bonds is 0. The van der Waals surface area contributed by atoms with E-state index in [1.165, 1.54) is 0 Å². The van der Waals surface area contributed by atoms with E-state index >= 15 is 0 Å². The van der Waals surface area contributed by atoms with Crippen molar-refractivity contribution in [2.75, 3.05) is 0 Å². The molecule has 0 aromatic rings. The van der Waals surface area contributed by atoms with Gasteiger partial charge in [-0.3, -0.25) is 4.79 Å². The number of alkyl halides is 3. The maximum atomic E-state index is 13.4. The number of carbonyl (C=O) groups excluding carboxylic acids is 1. The van der Waals surface area contributed by atoms with Gasteiger partial charge in [-0.2, -0.15) is 18.4 Å². The second-order valence-corrected chi connectivity index (χ2v) is 9.73. The van der Waals surface area contributed by atoms with Gasteiger partial charge in [0.15, 0.2) is 5.60 Å². The van der Waals surface area contributed by atoms with Gasteiger partial charge in [0.25, 0.3) is 0 Å². The van der Waals surface area contributed by atoms with Crippen molar-refractivity contribution in [1.29, 1.82) is 5.26 Å². The summed E-state index contributed by atoms with van der Waals surface area (Å²) in [4.78, 5) is 13.3. The maximum Gasteiger partial charge on any atom is 0.417 e. The van der Waals surface area contributed by atoms with Crippen LogP contribution >= 0.6 is 0 Å². The number of nitrogens with zero attached hydrogens (tertiary/aromatic N) is 1. The van der Waals surface area contributed by atoms with Crippen molar-refractivity contribution in [3.8, 4) is 6.07 Å². The average Bonchev–Trinajstić information content (AvgIpc) is 2.91. The molecular weight excluding hydrogens is 367 g/mol. The van der Waals surface area contributed by atoms with E-state index in [4.69, 9.17) is 5.26 Å². The number of Topliss-reactive ketones (excluding diaryl/α,β-unsaturated/α-hetero) is 1. The zero-order valence-electron chi connectivity index (χ0n) is 16.3. The van der Waals surface area contributed by atoms with Gasteiger partial charge in [-0.25, -0.2) is 0 Å². The maximum absolute atomic E-state index is 13.4. The lowest BCUT2D eigenvalue weighted by Gasteiger charge is -2.57. The van der Waals surface area contributed by atoms with Gasteiger partial charge in [0, 0.05) is 24.8 Å². The van der Waals surface area contributed by atoms with Crippen LogP contribution in [0.2, 0.25) is 0 Å². The summed E-state index contributed by atoms with van der Waals surface area (Å²) in [5.41, 5.74) is -1.96. The highest BCUT2D eigenvalue weighted by atomic mass is 19.4. The highest BCUT2D eigenvalue weighted by Gasteiger charge is 2.64. The summed E-state index contributed by atoms with van der Waals surface area (Å²) in [5.74, 6) is 0.194. The third-order valence-electron chi connectivity index (χ3n) is 8.47. The van der Waals surface area contributed by atoms with Crippen molar-refractivity contribution >= 4 is 5.78 Å². The Hall–Kier alpha value is -1.61. The summed E-state index contributed by atoms with van der Waals surface area (Å²) >= 11 is 0. The van der Waals surface area contributed by atoms with E-state index < -0.39 is 23.6 Å². The van der Waals surface area contributed by atoms with E-state index in [1.54, 1.807) is 6.08 Å². The topological polar surface area (TPSA) is 61.1 Å². The minimum Gasteiger partial charge on any atom is -0.380 e. The predicted molar refractivity (Wildman–Crippen MR) is 96.8 cm³/mol. The van der Waals surface area contributed by atoms with Gasteiger partial charge in [-0.05, 0) is 54.8 Å². The Morgan fingerprint density at radius 3 is 2.61 bits per heavy atom. The van der Waals surface area contributed by atoms with Crippen LogP contribution in [0.15, 0.2) is 23.3 Å². The Balaban J connectivity index is 1.71. The summed E-state index contributed by atoms with van der Waals surface area (Å²) in [7, 11) is 0. The van der Waals surface area contributed by atoms with Crippen molar-refractivity contribution in [2.24, 2.45) is 28.6 Å². The lowest BCUT2D eigenvalue weighted by atomic mass is 9.46. The highest BCUT2D eigenvalue weighted by molar-refractivity contribution is 5.85. The Labute approximate surface area is 163 Å². The number of hydrogen-bond donors (Lipinski definition) is 1. The number of allylic oxidation sites excluding steroid dienone is 3. The number of carbonyl (C=O) groups is 1. The molecule has 6 heteroatoms. The molecule has 4 rings (SSSR count). The van der Waals surface area contributed by atoms with Crippen LogP contribution in [-0.4, -0.2) is 22.7 Å². The molecule has 3 saturated carbocycles. The molecule has 152 valence electrons. The van der Waals surface area contributed by atoms with Gasteiger partial charge in [0.1, 0.15) is 5.78 Å². The molecule has 0 saturated heterocycles. The van der Waals surface area contributed by atoms with Crippen molar-refractivity contribution in [3.05, 3.63) is 23.3 Å². The van der Waals surface area contributed by atoms with Crippen LogP contribution in [0.5, 0.6) is 0 Å². The molecule has 28 heavy (non-hydrogen) atoms. The first kappa shape index (κ1) is 19.7. The summed E-state index contributed by atoms with van der Waals surface area (Å²) in [5, 5.41) is 19.3. The number of fused-ring (bicyclic) bond motifs is 5. The second kappa shape index (κ2) is 5.95. The van der Waals surface area contributed by atoms with E-state index in [2.05, 4.69) is 13.0 Å². The van der Waals surface area contributed by atoms with Crippen LogP contribution in [0, 0.1) is 39.9 Å². The molecule has 0 aromatic heterocycles. The summed E-state index contributed by atoms with van der Waals surface area (Å²) in [6.07, 6.45) is 0.860. The minimum absolute atomic E-state index is 0.0988. The van der Waals surface area contributed by atoms with Crippen LogP contribution in [0.4, 0.5) is 13.2 Å². The molecule has 4 aliphatic rings. The first-order valence-electron chi connectivity index (χ1n) is 10.1. The monoisotopic (exact) mass is 393 g/mol. The largest absolute Gasteiger partial charge is 0.417 e. The van der Waals surface area contributed by atoms with Crippen LogP contribution in [0.25, 0.3) is 0 Å². The molecular formula is C22H26F3NO2. The SMILES string of the molecule is C[C@]12CC[C@](O)(C(F)(F)F)CC1=CC[C@@H]1[C@@H]2C(=O)C[C@]2(C)/C(=C\C#N)CC[C@@H]12. The van der Waals surface area contributed by atoms with Crippen LogP contribution < -0.4 is 0 Å². The minimum atomic E-state index is -4.66. The summed E-state index contributed by atoms with van der Waals surface area (Å²) in [6.45, 7) is 4.00. The molecule has 0 spiro atoms. The van der Waals surface area contributed by atoms with Gasteiger partial charge in [-0.1, -0.05) is 31.1 Å². The average molecular weight is 393 g/mol. The van der Waals surface area contributed by atoms with Crippen molar-refractivity contribution < 1.29 is 23.1 Å². The highest BCUT2D eigenvalue weighted by Crippen LogP contribution is 2.66. The molecule has 0 heterocycles. The Kier molecular flexibility index (Phi) is 4.18. The Bertz CT molecular complexity index is 823. The lowest BCUT2D eigenvalue weighted by Crippen LogP contribution is -2.57. The molecule has 0 amide bonds. The first-order chi connectivity index (χ1) is 13.0. The van der Waals surface area contributed by atoms with Gasteiger partial charge in [0.05, 0.1) is 6.07 Å². The van der Waals surface area contributed by atoms with Crippen LogP contribution in [0.1, 0.15) is 58.8 Å². The molecule has 0 radical (unpaired) electrons. The molecule has 4 aliphatic carbocycles. The first-order valence-corrected chi connectivity index (χ1v) is 10.1. The number of halogens is 3. The molecule has 6 atom stereocenters. The third kappa shape index (κ3) is 2.48. The summed E-state index contributed by atoms with van der Waals surface area (Å²) in [6, 6.07) is 2.11. The molecule has 3 fully saturated rings. The second-order valence-electron chi connectivity index (χ2n) is 9.73. The lowest BCUT2D eigenvalue weighted by molar-refractivity contribution is -0.270. The number of hydrogen-bond acceptors (Lipinski definition) is 3. The Morgan fingerprint density at radius 1 is 1.25 bits per heavy atom. The quantitative estimate of drug-likeness (QED) is 0.472. The zero-order chi connectivity index (χ0) is 20.5. The van der Waals surface area contributed by atoms with Gasteiger partial charge in [0.2, 0.25) is 0 Å². The number of nitriles is 1. The van der Waals surface area contributed by atoms with E-state index in [0.717, 1.165) is 18.4 Å². The molecule has 0 unspecified atom stereocenters. The Morgan fingerprint density at radius 2 is 1.96 bits per heavy atom.